The van der Waals surface area contributed by atoms with Gasteiger partial charge in [0.2, 0.25) is 5.91 Å². The van der Waals surface area contributed by atoms with Crippen LogP contribution in [0.2, 0.25) is 0 Å². The lowest BCUT2D eigenvalue weighted by atomic mass is 10.2. The molecule has 0 aliphatic heterocycles. The molecule has 2 N–H and O–H groups in total. The van der Waals surface area contributed by atoms with E-state index in [1.54, 1.807) is 18.3 Å². The van der Waals surface area contributed by atoms with Crippen molar-refractivity contribution in [1.29, 1.82) is 0 Å². The standard InChI is InChI=1S/C7H8N2O.ClH/c1-5-4-6(7(8)10)2-3-9-5;/h2-4H,1H3,(H2,8,10);1H. The Kier molecular flexibility index (Phi) is 3.54. The van der Waals surface area contributed by atoms with Crippen molar-refractivity contribution in [2.45, 2.75) is 6.92 Å². The number of amides is 1. The SMILES string of the molecule is Cc1cc(C(N)=O)ccn1.Cl. The summed E-state index contributed by atoms with van der Waals surface area (Å²) in [5.74, 6) is -0.412. The fourth-order valence-electron chi connectivity index (χ4n) is 0.699. The molecule has 0 bridgehead atoms. The lowest BCUT2D eigenvalue weighted by Crippen LogP contribution is -2.10. The highest BCUT2D eigenvalue weighted by Crippen LogP contribution is 1.97. The Morgan fingerprint density at radius 2 is 2.27 bits per heavy atom. The number of aromatic nitrogens is 1. The molecule has 1 heterocycles. The maximum Gasteiger partial charge on any atom is 0.248 e. The average molecular weight is 173 g/mol. The van der Waals surface area contributed by atoms with Gasteiger partial charge in [0.1, 0.15) is 0 Å². The van der Waals surface area contributed by atoms with Gasteiger partial charge in [-0.25, -0.2) is 0 Å². The fourth-order valence-corrected chi connectivity index (χ4v) is 0.699. The molecule has 4 heteroatoms. The predicted molar refractivity (Wildman–Crippen MR) is 44.7 cm³/mol. The van der Waals surface area contributed by atoms with Gasteiger partial charge in [-0.3, -0.25) is 9.78 Å². The lowest BCUT2D eigenvalue weighted by Gasteiger charge is -1.93. The Morgan fingerprint density at radius 1 is 1.64 bits per heavy atom. The molecule has 0 fully saturated rings. The summed E-state index contributed by atoms with van der Waals surface area (Å²) in [6.45, 7) is 1.81. The van der Waals surface area contributed by atoms with Crippen molar-refractivity contribution in [3.63, 3.8) is 0 Å². The Hall–Kier alpha value is -1.09. The van der Waals surface area contributed by atoms with E-state index in [2.05, 4.69) is 4.98 Å². The van der Waals surface area contributed by atoms with E-state index in [0.717, 1.165) is 5.69 Å². The molecular formula is C7H9ClN2O. The van der Waals surface area contributed by atoms with Crippen LogP contribution in [0.3, 0.4) is 0 Å². The molecule has 1 amide bonds. The number of primary amides is 1. The van der Waals surface area contributed by atoms with Gasteiger partial charge in [-0.1, -0.05) is 0 Å². The molecule has 0 radical (unpaired) electrons. The van der Waals surface area contributed by atoms with Crippen LogP contribution in [0.4, 0.5) is 0 Å². The van der Waals surface area contributed by atoms with E-state index >= 15 is 0 Å². The fraction of sp³-hybridized carbons (Fsp3) is 0.143. The van der Waals surface area contributed by atoms with Crippen molar-refractivity contribution in [1.82, 2.24) is 4.98 Å². The number of nitrogens with two attached hydrogens (primary N) is 1. The minimum atomic E-state index is -0.412. The van der Waals surface area contributed by atoms with Crippen LogP contribution in [-0.4, -0.2) is 10.9 Å². The number of aryl methyl sites for hydroxylation is 1. The summed E-state index contributed by atoms with van der Waals surface area (Å²) in [5, 5.41) is 0. The van der Waals surface area contributed by atoms with Crippen LogP contribution >= 0.6 is 12.4 Å². The first-order valence-electron chi connectivity index (χ1n) is 2.92. The van der Waals surface area contributed by atoms with Gasteiger partial charge < -0.3 is 5.73 Å². The van der Waals surface area contributed by atoms with Crippen molar-refractivity contribution in [3.05, 3.63) is 29.6 Å². The summed E-state index contributed by atoms with van der Waals surface area (Å²) < 4.78 is 0. The number of carbonyl (C=O) groups excluding carboxylic acids is 1. The zero-order valence-corrected chi connectivity index (χ0v) is 6.89. The maximum atomic E-state index is 10.5. The molecule has 0 aliphatic rings. The quantitative estimate of drug-likeness (QED) is 0.685. The van der Waals surface area contributed by atoms with Gasteiger partial charge in [0.25, 0.3) is 0 Å². The maximum absolute atomic E-state index is 10.5. The van der Waals surface area contributed by atoms with Gasteiger partial charge in [-0.15, -0.1) is 12.4 Å². The third kappa shape index (κ3) is 2.55. The molecule has 0 aromatic carbocycles. The first-order chi connectivity index (χ1) is 4.70. The summed E-state index contributed by atoms with van der Waals surface area (Å²) in [7, 11) is 0. The Bertz CT molecular complexity index is 262. The van der Waals surface area contributed by atoms with Gasteiger partial charge in [0.05, 0.1) is 0 Å². The third-order valence-electron chi connectivity index (χ3n) is 1.18. The monoisotopic (exact) mass is 172 g/mol. The van der Waals surface area contributed by atoms with Crippen LogP contribution in [-0.2, 0) is 0 Å². The van der Waals surface area contributed by atoms with Gasteiger partial charge in [0.15, 0.2) is 0 Å². The molecule has 0 atom stereocenters. The summed E-state index contributed by atoms with van der Waals surface area (Å²) in [6.07, 6.45) is 1.56. The highest BCUT2D eigenvalue weighted by Gasteiger charge is 1.97. The predicted octanol–water partition coefficient (Wildman–Crippen LogP) is 0.911. The Morgan fingerprint density at radius 3 is 2.64 bits per heavy atom. The van der Waals surface area contributed by atoms with Gasteiger partial charge in [-0.2, -0.15) is 0 Å². The van der Waals surface area contributed by atoms with Crippen molar-refractivity contribution < 1.29 is 4.79 Å². The van der Waals surface area contributed by atoms with Crippen molar-refractivity contribution in [2.75, 3.05) is 0 Å². The molecule has 0 aliphatic carbocycles. The van der Waals surface area contributed by atoms with Gasteiger partial charge in [0, 0.05) is 17.5 Å². The number of pyridine rings is 1. The number of hydrogen-bond acceptors (Lipinski definition) is 2. The van der Waals surface area contributed by atoms with Crippen molar-refractivity contribution in [3.8, 4) is 0 Å². The van der Waals surface area contributed by atoms with E-state index in [9.17, 15) is 4.79 Å². The topological polar surface area (TPSA) is 56.0 Å². The number of carbonyl (C=O) groups is 1. The summed E-state index contributed by atoms with van der Waals surface area (Å²) in [4.78, 5) is 14.5. The second kappa shape index (κ2) is 3.93. The Labute approximate surface area is 71.0 Å². The van der Waals surface area contributed by atoms with Crippen molar-refractivity contribution in [2.24, 2.45) is 5.73 Å². The average Bonchev–Trinajstić information content (AvgIpc) is 1.88. The minimum absolute atomic E-state index is 0. The summed E-state index contributed by atoms with van der Waals surface area (Å²) >= 11 is 0. The highest BCUT2D eigenvalue weighted by molar-refractivity contribution is 5.92. The molecule has 3 nitrogen and oxygen atoms in total. The molecule has 1 aromatic rings. The first kappa shape index (κ1) is 9.91. The van der Waals surface area contributed by atoms with Crippen molar-refractivity contribution >= 4 is 18.3 Å². The number of rotatable bonds is 1. The zero-order valence-electron chi connectivity index (χ0n) is 6.07. The molecule has 11 heavy (non-hydrogen) atoms. The molecule has 0 saturated heterocycles. The van der Waals surface area contributed by atoms with E-state index in [4.69, 9.17) is 5.73 Å². The van der Waals surface area contributed by atoms with E-state index in [1.165, 1.54) is 0 Å². The minimum Gasteiger partial charge on any atom is -0.366 e. The van der Waals surface area contributed by atoms with Crippen LogP contribution in [0.25, 0.3) is 0 Å². The molecule has 0 saturated carbocycles. The molecular weight excluding hydrogens is 164 g/mol. The zero-order chi connectivity index (χ0) is 7.56. The molecule has 0 spiro atoms. The van der Waals surface area contributed by atoms with E-state index < -0.39 is 5.91 Å². The van der Waals surface area contributed by atoms with Crippen LogP contribution < -0.4 is 5.73 Å². The van der Waals surface area contributed by atoms with E-state index in [-0.39, 0.29) is 12.4 Å². The van der Waals surface area contributed by atoms with Gasteiger partial charge >= 0.3 is 0 Å². The Balaban J connectivity index is 0.000001000. The lowest BCUT2D eigenvalue weighted by molar-refractivity contribution is 0.1000. The second-order valence-corrected chi connectivity index (χ2v) is 2.05. The summed E-state index contributed by atoms with van der Waals surface area (Å²) in [6, 6.07) is 3.25. The molecule has 0 unspecified atom stereocenters. The van der Waals surface area contributed by atoms with Crippen LogP contribution in [0, 0.1) is 6.92 Å². The van der Waals surface area contributed by atoms with E-state index in [0.29, 0.717) is 5.56 Å². The largest absolute Gasteiger partial charge is 0.366 e. The first-order valence-corrected chi connectivity index (χ1v) is 2.92. The van der Waals surface area contributed by atoms with E-state index in [1.807, 2.05) is 6.92 Å². The summed E-state index contributed by atoms with van der Waals surface area (Å²) in [5.41, 5.74) is 6.32. The highest BCUT2D eigenvalue weighted by atomic mass is 35.5. The second-order valence-electron chi connectivity index (χ2n) is 2.05. The number of halogens is 1. The number of hydrogen-bond donors (Lipinski definition) is 1. The molecule has 1 aromatic heterocycles. The van der Waals surface area contributed by atoms with Crippen LogP contribution in [0.15, 0.2) is 18.3 Å². The van der Waals surface area contributed by atoms with Crippen LogP contribution in [0.1, 0.15) is 16.1 Å². The third-order valence-corrected chi connectivity index (χ3v) is 1.18. The molecule has 60 valence electrons. The van der Waals surface area contributed by atoms with Gasteiger partial charge in [-0.05, 0) is 19.1 Å². The van der Waals surface area contributed by atoms with Crippen LogP contribution in [0.5, 0.6) is 0 Å². The normalized spacial score (nSPS) is 8.45. The smallest absolute Gasteiger partial charge is 0.248 e. The number of nitrogens with zero attached hydrogens (tertiary/aromatic N) is 1. The molecule has 1 rings (SSSR count).